The highest BCUT2D eigenvalue weighted by Gasteiger charge is 2.09. The van der Waals surface area contributed by atoms with Gasteiger partial charge in [-0.2, -0.15) is 0 Å². The summed E-state index contributed by atoms with van der Waals surface area (Å²) in [6, 6.07) is 8.55. The van der Waals surface area contributed by atoms with Crippen molar-refractivity contribution in [1.29, 1.82) is 0 Å². The second-order valence-electron chi connectivity index (χ2n) is 4.40. The number of hydrogen-bond acceptors (Lipinski definition) is 7. The second kappa shape index (κ2) is 7.83. The number of hydrogen-bond donors (Lipinski definition) is 1. The van der Waals surface area contributed by atoms with E-state index in [4.69, 9.17) is 19.7 Å². The first-order valence-corrected chi connectivity index (χ1v) is 6.85. The third kappa shape index (κ3) is 5.03. The molecule has 0 aliphatic carbocycles. The maximum absolute atomic E-state index is 11.2. The highest BCUT2D eigenvalue weighted by Crippen LogP contribution is 2.22. The van der Waals surface area contributed by atoms with Gasteiger partial charge < -0.3 is 24.5 Å². The zero-order valence-electron chi connectivity index (χ0n) is 12.5. The fourth-order valence-electron chi connectivity index (χ4n) is 1.73. The smallest absolute Gasteiger partial charge is 0.404 e. The van der Waals surface area contributed by atoms with Gasteiger partial charge in [-0.05, 0) is 31.2 Å². The van der Waals surface area contributed by atoms with E-state index in [1.807, 2.05) is 0 Å². The van der Waals surface area contributed by atoms with Crippen molar-refractivity contribution in [3.8, 4) is 17.0 Å². The van der Waals surface area contributed by atoms with Crippen LogP contribution in [0.25, 0.3) is 11.3 Å². The lowest BCUT2D eigenvalue weighted by Gasteiger charge is -2.05. The maximum atomic E-state index is 11.2. The second-order valence-corrected chi connectivity index (χ2v) is 4.40. The molecule has 2 aromatic rings. The normalized spacial score (nSPS) is 10.1. The number of carbonyl (C=O) groups is 2. The van der Waals surface area contributed by atoms with Crippen LogP contribution in [0.1, 0.15) is 12.7 Å². The van der Waals surface area contributed by atoms with Crippen LogP contribution in [0, 0.1) is 0 Å². The monoisotopic (exact) mass is 320 g/mol. The third-order valence-electron chi connectivity index (χ3n) is 2.73. The van der Waals surface area contributed by atoms with E-state index in [-0.39, 0.29) is 13.2 Å². The Hall–Kier alpha value is -3.03. The molecule has 0 unspecified atom stereocenters. The number of amides is 1. The summed E-state index contributed by atoms with van der Waals surface area (Å²) in [6.45, 7) is 1.82. The van der Waals surface area contributed by atoms with Gasteiger partial charge in [0.25, 0.3) is 0 Å². The molecule has 1 aromatic heterocycles. The number of ether oxygens (including phenoxy) is 3. The van der Waals surface area contributed by atoms with Crippen LogP contribution in [0.5, 0.6) is 5.75 Å². The summed E-state index contributed by atoms with van der Waals surface area (Å²) in [5.41, 5.74) is 6.23. The van der Waals surface area contributed by atoms with Crippen LogP contribution in [-0.2, 0) is 20.9 Å². The van der Waals surface area contributed by atoms with Crippen molar-refractivity contribution in [3.05, 3.63) is 36.1 Å². The molecule has 2 rings (SSSR count). The van der Waals surface area contributed by atoms with Crippen molar-refractivity contribution in [2.24, 2.45) is 5.73 Å². The molecule has 0 spiro atoms. The Morgan fingerprint density at radius 1 is 1.22 bits per heavy atom. The molecule has 0 atom stereocenters. The quantitative estimate of drug-likeness (QED) is 0.774. The van der Waals surface area contributed by atoms with E-state index in [2.05, 4.69) is 9.89 Å². The average molecular weight is 320 g/mol. The molecule has 0 saturated heterocycles. The molecular formula is C15H16N2O6. The molecular weight excluding hydrogens is 304 g/mol. The number of esters is 1. The van der Waals surface area contributed by atoms with E-state index in [0.717, 1.165) is 5.56 Å². The zero-order valence-corrected chi connectivity index (χ0v) is 12.5. The molecule has 2 N–H and O–H groups in total. The number of carbonyl (C=O) groups excluding carboxylic acids is 2. The van der Waals surface area contributed by atoms with Crippen molar-refractivity contribution >= 4 is 12.1 Å². The van der Waals surface area contributed by atoms with E-state index in [9.17, 15) is 9.59 Å². The van der Waals surface area contributed by atoms with Crippen LogP contribution >= 0.6 is 0 Å². The molecule has 0 aliphatic rings. The predicted molar refractivity (Wildman–Crippen MR) is 78.4 cm³/mol. The van der Waals surface area contributed by atoms with Crippen molar-refractivity contribution in [2.45, 2.75) is 13.5 Å². The van der Waals surface area contributed by atoms with Crippen molar-refractivity contribution in [1.82, 2.24) is 5.16 Å². The summed E-state index contributed by atoms with van der Waals surface area (Å²) in [5.74, 6) is 0.483. The largest absolute Gasteiger partial charge is 0.482 e. The molecule has 8 heteroatoms. The number of aromatic nitrogens is 1. The lowest BCUT2D eigenvalue weighted by Crippen LogP contribution is -2.14. The van der Waals surface area contributed by atoms with Crippen LogP contribution in [0.4, 0.5) is 4.79 Å². The zero-order chi connectivity index (χ0) is 16.7. The van der Waals surface area contributed by atoms with E-state index >= 15 is 0 Å². The van der Waals surface area contributed by atoms with Gasteiger partial charge in [0.2, 0.25) is 0 Å². The maximum Gasteiger partial charge on any atom is 0.404 e. The summed E-state index contributed by atoms with van der Waals surface area (Å²) in [5, 5.41) is 3.87. The van der Waals surface area contributed by atoms with E-state index < -0.39 is 12.1 Å². The Bertz CT molecular complexity index is 665. The van der Waals surface area contributed by atoms with Gasteiger partial charge in [0, 0.05) is 11.6 Å². The van der Waals surface area contributed by atoms with Gasteiger partial charge in [-0.3, -0.25) is 0 Å². The van der Waals surface area contributed by atoms with Gasteiger partial charge in [0.1, 0.15) is 11.4 Å². The van der Waals surface area contributed by atoms with Crippen LogP contribution in [0.15, 0.2) is 34.9 Å². The first-order valence-electron chi connectivity index (χ1n) is 6.85. The van der Waals surface area contributed by atoms with Gasteiger partial charge >= 0.3 is 12.1 Å². The van der Waals surface area contributed by atoms with Crippen LogP contribution in [-0.4, -0.2) is 30.4 Å². The number of rotatable bonds is 7. The minimum absolute atomic E-state index is 0.0803. The fraction of sp³-hybridized carbons (Fsp3) is 0.267. The van der Waals surface area contributed by atoms with Crippen molar-refractivity contribution in [2.75, 3.05) is 13.2 Å². The number of nitrogens with two attached hydrogens (primary N) is 1. The first kappa shape index (κ1) is 16.3. The van der Waals surface area contributed by atoms with Gasteiger partial charge in [-0.1, -0.05) is 5.16 Å². The highest BCUT2D eigenvalue weighted by molar-refractivity contribution is 5.71. The molecule has 0 saturated carbocycles. The Kier molecular flexibility index (Phi) is 5.56. The SMILES string of the molecule is CCOC(=O)COc1ccc(-c2cc(COC(N)=O)on2)cc1. The van der Waals surface area contributed by atoms with Gasteiger partial charge in [0.05, 0.1) is 6.61 Å². The van der Waals surface area contributed by atoms with Gasteiger partial charge in [0.15, 0.2) is 19.0 Å². The van der Waals surface area contributed by atoms with Gasteiger partial charge in [-0.15, -0.1) is 0 Å². The fourth-order valence-corrected chi connectivity index (χ4v) is 1.73. The van der Waals surface area contributed by atoms with Crippen molar-refractivity contribution < 1.29 is 28.3 Å². The molecule has 0 fully saturated rings. The van der Waals surface area contributed by atoms with Crippen LogP contribution in [0.2, 0.25) is 0 Å². The Morgan fingerprint density at radius 2 is 1.96 bits per heavy atom. The summed E-state index contributed by atoms with van der Waals surface area (Å²) in [6.07, 6.45) is -0.883. The van der Waals surface area contributed by atoms with Crippen LogP contribution < -0.4 is 10.5 Å². The predicted octanol–water partition coefficient (Wildman–Crippen LogP) is 1.88. The summed E-state index contributed by atoms with van der Waals surface area (Å²) >= 11 is 0. The minimum Gasteiger partial charge on any atom is -0.482 e. The van der Waals surface area contributed by atoms with E-state index in [1.54, 1.807) is 37.3 Å². The third-order valence-corrected chi connectivity index (χ3v) is 2.73. The topological polar surface area (TPSA) is 114 Å². The first-order chi connectivity index (χ1) is 11.1. The van der Waals surface area contributed by atoms with Crippen molar-refractivity contribution in [3.63, 3.8) is 0 Å². The molecule has 0 aliphatic heterocycles. The Morgan fingerprint density at radius 3 is 2.61 bits per heavy atom. The van der Waals surface area contributed by atoms with Crippen LogP contribution in [0.3, 0.4) is 0 Å². The average Bonchev–Trinajstić information content (AvgIpc) is 3.01. The molecule has 1 heterocycles. The molecule has 1 aromatic carbocycles. The van der Waals surface area contributed by atoms with E-state index in [0.29, 0.717) is 23.8 Å². The summed E-state index contributed by atoms with van der Waals surface area (Å²) in [4.78, 5) is 21.7. The lowest BCUT2D eigenvalue weighted by atomic mass is 10.1. The number of nitrogens with zero attached hydrogens (tertiary/aromatic N) is 1. The highest BCUT2D eigenvalue weighted by atomic mass is 16.6. The molecule has 0 radical (unpaired) electrons. The Balaban J connectivity index is 1.94. The van der Waals surface area contributed by atoms with Gasteiger partial charge in [-0.25, -0.2) is 9.59 Å². The standard InChI is InChI=1S/C15H16N2O6/c1-2-20-14(18)9-21-11-5-3-10(4-6-11)13-7-12(23-17-13)8-22-15(16)19/h3-7H,2,8-9H2,1H3,(H2,16,19). The minimum atomic E-state index is -0.883. The molecule has 8 nitrogen and oxygen atoms in total. The Labute approximate surface area is 132 Å². The molecule has 1 amide bonds. The molecule has 0 bridgehead atoms. The summed E-state index contributed by atoms with van der Waals surface area (Å²) < 4.78 is 19.7. The number of primary amides is 1. The van der Waals surface area contributed by atoms with E-state index in [1.165, 1.54) is 0 Å². The number of benzene rings is 1. The molecule has 23 heavy (non-hydrogen) atoms. The summed E-state index contributed by atoms with van der Waals surface area (Å²) in [7, 11) is 0. The molecule has 122 valence electrons. The lowest BCUT2D eigenvalue weighted by molar-refractivity contribution is -0.145.